The molecule has 20 heavy (non-hydrogen) atoms. The summed E-state index contributed by atoms with van der Waals surface area (Å²) >= 11 is 1.69. The van der Waals surface area contributed by atoms with Gasteiger partial charge in [0.25, 0.3) is 0 Å². The molecule has 0 spiro atoms. The van der Waals surface area contributed by atoms with Gasteiger partial charge >= 0.3 is 0 Å². The van der Waals surface area contributed by atoms with Gasteiger partial charge in [-0.1, -0.05) is 18.9 Å². The van der Waals surface area contributed by atoms with Crippen molar-refractivity contribution in [2.24, 2.45) is 0 Å². The average molecular weight is 295 g/mol. The van der Waals surface area contributed by atoms with Crippen LogP contribution in [-0.2, 0) is 0 Å². The fourth-order valence-electron chi connectivity index (χ4n) is 2.79. The molecule has 2 N–H and O–H groups in total. The van der Waals surface area contributed by atoms with Gasteiger partial charge < -0.3 is 15.2 Å². The SMILES string of the molecule is COc1cc(C(C)NCC2(O)CCCC2)ccc1SC. The predicted molar refractivity (Wildman–Crippen MR) is 84.6 cm³/mol. The molecule has 1 atom stereocenters. The summed E-state index contributed by atoms with van der Waals surface area (Å²) in [6, 6.07) is 6.53. The lowest BCUT2D eigenvalue weighted by molar-refractivity contribution is 0.0453. The molecule has 1 aromatic carbocycles. The van der Waals surface area contributed by atoms with Crippen molar-refractivity contribution < 1.29 is 9.84 Å². The average Bonchev–Trinajstić information content (AvgIpc) is 2.91. The van der Waals surface area contributed by atoms with Gasteiger partial charge in [0.15, 0.2) is 0 Å². The molecule has 3 nitrogen and oxygen atoms in total. The molecule has 1 aromatic rings. The fraction of sp³-hybridized carbons (Fsp3) is 0.625. The van der Waals surface area contributed by atoms with Crippen molar-refractivity contribution in [3.05, 3.63) is 23.8 Å². The van der Waals surface area contributed by atoms with Crippen molar-refractivity contribution in [2.75, 3.05) is 19.9 Å². The lowest BCUT2D eigenvalue weighted by Gasteiger charge is -2.25. The Morgan fingerprint density at radius 2 is 2.10 bits per heavy atom. The highest BCUT2D eigenvalue weighted by Crippen LogP contribution is 2.32. The molecule has 0 aliphatic heterocycles. The van der Waals surface area contributed by atoms with Gasteiger partial charge in [-0.2, -0.15) is 0 Å². The fourth-order valence-corrected chi connectivity index (χ4v) is 3.34. The molecule has 0 heterocycles. The summed E-state index contributed by atoms with van der Waals surface area (Å²) in [6.07, 6.45) is 6.17. The number of nitrogens with one attached hydrogen (secondary N) is 1. The van der Waals surface area contributed by atoms with E-state index in [-0.39, 0.29) is 6.04 Å². The summed E-state index contributed by atoms with van der Waals surface area (Å²) in [5, 5.41) is 13.8. The van der Waals surface area contributed by atoms with Gasteiger partial charge in [-0.3, -0.25) is 0 Å². The Balaban J connectivity index is 1.99. The maximum atomic E-state index is 10.4. The van der Waals surface area contributed by atoms with Crippen molar-refractivity contribution in [1.29, 1.82) is 0 Å². The van der Waals surface area contributed by atoms with Gasteiger partial charge in [0.05, 0.1) is 12.7 Å². The minimum Gasteiger partial charge on any atom is -0.496 e. The lowest BCUT2D eigenvalue weighted by atomic mass is 10.0. The summed E-state index contributed by atoms with van der Waals surface area (Å²) in [5.74, 6) is 0.920. The highest BCUT2D eigenvalue weighted by atomic mass is 32.2. The first-order valence-electron chi connectivity index (χ1n) is 7.26. The monoisotopic (exact) mass is 295 g/mol. The molecule has 0 saturated heterocycles. The molecule has 1 aliphatic carbocycles. The van der Waals surface area contributed by atoms with E-state index in [0.717, 1.165) is 36.3 Å². The topological polar surface area (TPSA) is 41.5 Å². The molecular formula is C16H25NO2S. The molecule has 1 unspecified atom stereocenters. The number of hydrogen-bond donors (Lipinski definition) is 2. The number of hydrogen-bond acceptors (Lipinski definition) is 4. The Bertz CT molecular complexity index is 444. The quantitative estimate of drug-likeness (QED) is 0.790. The maximum Gasteiger partial charge on any atom is 0.132 e. The van der Waals surface area contributed by atoms with Gasteiger partial charge in [-0.25, -0.2) is 0 Å². The summed E-state index contributed by atoms with van der Waals surface area (Å²) in [7, 11) is 1.71. The minimum absolute atomic E-state index is 0.212. The van der Waals surface area contributed by atoms with Gasteiger partial charge in [-0.05, 0) is 43.7 Å². The maximum absolute atomic E-state index is 10.4. The normalized spacial score (nSPS) is 19.0. The summed E-state index contributed by atoms with van der Waals surface area (Å²) in [6.45, 7) is 2.80. The molecule has 1 fully saturated rings. The number of aliphatic hydroxyl groups is 1. The minimum atomic E-state index is -0.502. The highest BCUT2D eigenvalue weighted by molar-refractivity contribution is 7.98. The smallest absolute Gasteiger partial charge is 0.132 e. The van der Waals surface area contributed by atoms with Crippen LogP contribution in [0.1, 0.15) is 44.2 Å². The number of methoxy groups -OCH3 is 1. The van der Waals surface area contributed by atoms with Crippen molar-refractivity contribution in [3.8, 4) is 5.75 Å². The van der Waals surface area contributed by atoms with E-state index >= 15 is 0 Å². The highest BCUT2D eigenvalue weighted by Gasteiger charge is 2.31. The van der Waals surface area contributed by atoms with E-state index in [1.54, 1.807) is 18.9 Å². The zero-order valence-electron chi connectivity index (χ0n) is 12.6. The van der Waals surface area contributed by atoms with Crippen LogP contribution in [0.3, 0.4) is 0 Å². The Morgan fingerprint density at radius 1 is 1.40 bits per heavy atom. The second kappa shape index (κ2) is 6.83. The molecular weight excluding hydrogens is 270 g/mol. The standard InChI is InChI=1S/C16H25NO2S/c1-12(17-11-16(18)8-4-5-9-16)13-6-7-15(20-3)14(10-13)19-2/h6-7,10,12,17-18H,4-5,8-9,11H2,1-3H3. The molecule has 4 heteroatoms. The zero-order valence-corrected chi connectivity index (χ0v) is 13.4. The van der Waals surface area contributed by atoms with Gasteiger partial charge in [0, 0.05) is 17.5 Å². The molecule has 0 radical (unpaired) electrons. The molecule has 2 rings (SSSR count). The Labute approximate surface area is 126 Å². The third-order valence-electron chi connectivity index (χ3n) is 4.18. The van der Waals surface area contributed by atoms with E-state index in [1.807, 2.05) is 0 Å². The molecule has 1 saturated carbocycles. The largest absolute Gasteiger partial charge is 0.496 e. The third-order valence-corrected chi connectivity index (χ3v) is 4.96. The number of ether oxygens (including phenoxy) is 1. The second-order valence-corrected chi connectivity index (χ2v) is 6.50. The molecule has 0 bridgehead atoms. The van der Waals surface area contributed by atoms with Crippen LogP contribution in [0.4, 0.5) is 0 Å². The second-order valence-electron chi connectivity index (χ2n) is 5.65. The van der Waals surface area contributed by atoms with E-state index in [1.165, 1.54) is 5.56 Å². The van der Waals surface area contributed by atoms with Crippen LogP contribution in [-0.4, -0.2) is 30.6 Å². The summed E-state index contributed by atoms with van der Waals surface area (Å²) < 4.78 is 5.43. The van der Waals surface area contributed by atoms with Crippen molar-refractivity contribution >= 4 is 11.8 Å². The Morgan fingerprint density at radius 3 is 2.70 bits per heavy atom. The van der Waals surface area contributed by atoms with Gasteiger partial charge in [0.2, 0.25) is 0 Å². The van der Waals surface area contributed by atoms with Gasteiger partial charge in [0.1, 0.15) is 5.75 Å². The Hall–Kier alpha value is -0.710. The molecule has 0 amide bonds. The van der Waals surface area contributed by atoms with E-state index in [9.17, 15) is 5.11 Å². The first kappa shape index (κ1) is 15.7. The number of rotatable bonds is 6. The van der Waals surface area contributed by atoms with Crippen molar-refractivity contribution in [3.63, 3.8) is 0 Å². The molecule has 112 valence electrons. The predicted octanol–water partition coefficient (Wildman–Crippen LogP) is 3.37. The zero-order chi connectivity index (χ0) is 14.6. The molecule has 0 aromatic heterocycles. The van der Waals surface area contributed by atoms with Crippen LogP contribution < -0.4 is 10.1 Å². The first-order chi connectivity index (χ1) is 9.58. The summed E-state index contributed by atoms with van der Waals surface area (Å²) in [4.78, 5) is 1.15. The van der Waals surface area contributed by atoms with E-state index < -0.39 is 5.60 Å². The first-order valence-corrected chi connectivity index (χ1v) is 8.48. The number of benzene rings is 1. The van der Waals surface area contributed by atoms with Crippen LogP contribution in [0.5, 0.6) is 5.75 Å². The van der Waals surface area contributed by atoms with E-state index in [2.05, 4.69) is 36.7 Å². The van der Waals surface area contributed by atoms with E-state index in [0.29, 0.717) is 6.54 Å². The summed E-state index contributed by atoms with van der Waals surface area (Å²) in [5.41, 5.74) is 0.693. The van der Waals surface area contributed by atoms with Crippen LogP contribution in [0, 0.1) is 0 Å². The van der Waals surface area contributed by atoms with Crippen LogP contribution in [0.15, 0.2) is 23.1 Å². The van der Waals surface area contributed by atoms with Crippen molar-refractivity contribution in [1.82, 2.24) is 5.32 Å². The van der Waals surface area contributed by atoms with Gasteiger partial charge in [-0.15, -0.1) is 11.8 Å². The van der Waals surface area contributed by atoms with Crippen LogP contribution in [0.25, 0.3) is 0 Å². The number of thioether (sulfide) groups is 1. The van der Waals surface area contributed by atoms with Crippen LogP contribution >= 0.6 is 11.8 Å². The van der Waals surface area contributed by atoms with Crippen LogP contribution in [0.2, 0.25) is 0 Å². The Kier molecular flexibility index (Phi) is 5.35. The van der Waals surface area contributed by atoms with E-state index in [4.69, 9.17) is 4.74 Å². The van der Waals surface area contributed by atoms with Crippen molar-refractivity contribution in [2.45, 2.75) is 49.1 Å². The molecule has 1 aliphatic rings. The third kappa shape index (κ3) is 3.68. The lowest BCUT2D eigenvalue weighted by Crippen LogP contribution is -2.39.